The molecule has 14 heavy (non-hydrogen) atoms. The Labute approximate surface area is 91.5 Å². The van der Waals surface area contributed by atoms with Gasteiger partial charge < -0.3 is 5.32 Å². The first-order valence-electron chi connectivity index (χ1n) is 4.32. The molecule has 0 radical (unpaired) electrons. The minimum atomic E-state index is -0.110. The Bertz CT molecular complexity index is 311. The normalized spacial score (nSPS) is 10.6. The summed E-state index contributed by atoms with van der Waals surface area (Å²) in [5, 5.41) is 11.0. The van der Waals surface area contributed by atoms with E-state index in [0.29, 0.717) is 11.0 Å². The Balaban J connectivity index is 2.46. The molecule has 0 aliphatic heterocycles. The highest BCUT2D eigenvalue weighted by Crippen LogP contribution is 2.26. The summed E-state index contributed by atoms with van der Waals surface area (Å²) in [6.45, 7) is 5.77. The summed E-state index contributed by atoms with van der Waals surface area (Å²) in [6, 6.07) is 0. The molecule has 1 amide bonds. The van der Waals surface area contributed by atoms with Gasteiger partial charge in [-0.3, -0.25) is 4.79 Å². The van der Waals surface area contributed by atoms with E-state index in [2.05, 4.69) is 29.4 Å². The monoisotopic (exact) mass is 231 g/mol. The van der Waals surface area contributed by atoms with Crippen LogP contribution in [0.25, 0.3) is 0 Å². The number of thioether (sulfide) groups is 1. The van der Waals surface area contributed by atoms with Crippen LogP contribution >= 0.6 is 23.1 Å². The molecule has 1 aromatic heterocycles. The van der Waals surface area contributed by atoms with Crippen molar-refractivity contribution in [3.63, 3.8) is 0 Å². The van der Waals surface area contributed by atoms with E-state index in [1.807, 2.05) is 0 Å². The molecule has 6 heteroatoms. The lowest BCUT2D eigenvalue weighted by Crippen LogP contribution is -2.04. The van der Waals surface area contributed by atoms with Crippen LogP contribution in [0.4, 0.5) is 5.13 Å². The van der Waals surface area contributed by atoms with Gasteiger partial charge in [-0.25, -0.2) is 0 Å². The van der Waals surface area contributed by atoms with E-state index < -0.39 is 0 Å². The smallest absolute Gasteiger partial charge is 0.223 e. The SMILES string of the molecule is CC(=O)Nc1nnc(SCC(C)C)s1. The lowest BCUT2D eigenvalue weighted by molar-refractivity contribution is -0.114. The molecule has 0 unspecified atom stereocenters. The molecule has 78 valence electrons. The van der Waals surface area contributed by atoms with Crippen molar-refractivity contribution in [3.8, 4) is 0 Å². The van der Waals surface area contributed by atoms with Gasteiger partial charge in [-0.1, -0.05) is 36.9 Å². The average molecular weight is 231 g/mol. The molecule has 1 rings (SSSR count). The number of anilines is 1. The van der Waals surface area contributed by atoms with E-state index in [1.54, 1.807) is 11.8 Å². The van der Waals surface area contributed by atoms with E-state index in [1.165, 1.54) is 18.3 Å². The van der Waals surface area contributed by atoms with Crippen LogP contribution in [0, 0.1) is 5.92 Å². The maximum Gasteiger partial charge on any atom is 0.223 e. The minimum absolute atomic E-state index is 0.110. The van der Waals surface area contributed by atoms with Gasteiger partial charge in [-0.05, 0) is 5.92 Å². The molecular weight excluding hydrogens is 218 g/mol. The van der Waals surface area contributed by atoms with Crippen molar-refractivity contribution in [2.45, 2.75) is 25.1 Å². The van der Waals surface area contributed by atoms with E-state index in [9.17, 15) is 4.79 Å². The summed E-state index contributed by atoms with van der Waals surface area (Å²) < 4.78 is 0.905. The van der Waals surface area contributed by atoms with E-state index in [0.717, 1.165) is 10.1 Å². The van der Waals surface area contributed by atoms with Gasteiger partial charge in [0.25, 0.3) is 0 Å². The third kappa shape index (κ3) is 4.06. The van der Waals surface area contributed by atoms with Crippen LogP contribution in [0.1, 0.15) is 20.8 Å². The van der Waals surface area contributed by atoms with Gasteiger partial charge in [0, 0.05) is 12.7 Å². The number of carbonyl (C=O) groups excluding carboxylic acids is 1. The molecule has 0 bridgehead atoms. The summed E-state index contributed by atoms with van der Waals surface area (Å²) in [4.78, 5) is 10.7. The molecule has 0 aliphatic carbocycles. The molecule has 1 heterocycles. The van der Waals surface area contributed by atoms with Crippen LogP contribution in [0.3, 0.4) is 0 Å². The number of hydrogen-bond acceptors (Lipinski definition) is 5. The fourth-order valence-electron chi connectivity index (χ4n) is 0.707. The van der Waals surface area contributed by atoms with Crippen LogP contribution in [-0.4, -0.2) is 21.9 Å². The van der Waals surface area contributed by atoms with E-state index in [4.69, 9.17) is 0 Å². The number of amides is 1. The molecular formula is C8H13N3OS2. The average Bonchev–Trinajstić information content (AvgIpc) is 2.47. The molecule has 0 aliphatic rings. The van der Waals surface area contributed by atoms with Gasteiger partial charge in [-0.2, -0.15) is 0 Å². The zero-order valence-electron chi connectivity index (χ0n) is 8.40. The highest BCUT2D eigenvalue weighted by atomic mass is 32.2. The predicted molar refractivity (Wildman–Crippen MR) is 59.8 cm³/mol. The summed E-state index contributed by atoms with van der Waals surface area (Å²) >= 11 is 3.08. The van der Waals surface area contributed by atoms with Crippen LogP contribution in [0.15, 0.2) is 4.34 Å². The highest BCUT2D eigenvalue weighted by molar-refractivity contribution is 8.01. The molecule has 0 spiro atoms. The van der Waals surface area contributed by atoms with Crippen LogP contribution in [0.5, 0.6) is 0 Å². The topological polar surface area (TPSA) is 54.9 Å². The molecule has 0 atom stereocenters. The second-order valence-corrected chi connectivity index (χ2v) is 5.50. The van der Waals surface area contributed by atoms with Gasteiger partial charge in [0.2, 0.25) is 11.0 Å². The van der Waals surface area contributed by atoms with Crippen LogP contribution < -0.4 is 5.32 Å². The second kappa shape index (κ2) is 5.31. The third-order valence-electron chi connectivity index (χ3n) is 1.23. The van der Waals surface area contributed by atoms with Crippen molar-refractivity contribution in [3.05, 3.63) is 0 Å². The standard InChI is InChI=1S/C8H13N3OS2/c1-5(2)4-13-8-11-10-7(14-8)9-6(3)12/h5H,4H2,1-3H3,(H,9,10,12). The summed E-state index contributed by atoms with van der Waals surface area (Å²) in [5.41, 5.74) is 0. The van der Waals surface area contributed by atoms with E-state index >= 15 is 0 Å². The van der Waals surface area contributed by atoms with Gasteiger partial charge in [0.15, 0.2) is 4.34 Å². The van der Waals surface area contributed by atoms with Crippen molar-refractivity contribution < 1.29 is 4.79 Å². The first-order valence-corrected chi connectivity index (χ1v) is 6.12. The zero-order valence-corrected chi connectivity index (χ0v) is 10.0. The number of carbonyl (C=O) groups is 1. The molecule has 0 saturated carbocycles. The number of nitrogens with zero attached hydrogens (tertiary/aromatic N) is 2. The van der Waals surface area contributed by atoms with Crippen molar-refractivity contribution >= 4 is 34.1 Å². The molecule has 0 aromatic carbocycles. The van der Waals surface area contributed by atoms with Gasteiger partial charge >= 0.3 is 0 Å². The molecule has 4 nitrogen and oxygen atoms in total. The predicted octanol–water partition coefficient (Wildman–Crippen LogP) is 2.24. The highest BCUT2D eigenvalue weighted by Gasteiger charge is 2.06. The van der Waals surface area contributed by atoms with Crippen molar-refractivity contribution in [1.29, 1.82) is 0 Å². The summed E-state index contributed by atoms with van der Waals surface area (Å²) in [7, 11) is 0. The molecule has 0 fully saturated rings. The zero-order chi connectivity index (χ0) is 10.6. The summed E-state index contributed by atoms with van der Waals surface area (Å²) in [5.74, 6) is 1.55. The Hall–Kier alpha value is -0.620. The first kappa shape index (κ1) is 11.5. The number of rotatable bonds is 4. The number of aromatic nitrogens is 2. The Morgan fingerprint density at radius 3 is 2.86 bits per heavy atom. The fraction of sp³-hybridized carbons (Fsp3) is 0.625. The maximum absolute atomic E-state index is 10.7. The quantitative estimate of drug-likeness (QED) is 0.638. The Morgan fingerprint density at radius 1 is 1.57 bits per heavy atom. The van der Waals surface area contributed by atoms with Crippen LogP contribution in [0.2, 0.25) is 0 Å². The van der Waals surface area contributed by atoms with E-state index in [-0.39, 0.29) is 5.91 Å². The lowest BCUT2D eigenvalue weighted by Gasteiger charge is -1.98. The largest absolute Gasteiger partial charge is 0.301 e. The molecule has 1 N–H and O–H groups in total. The minimum Gasteiger partial charge on any atom is -0.301 e. The first-order chi connectivity index (χ1) is 6.58. The Morgan fingerprint density at radius 2 is 2.29 bits per heavy atom. The van der Waals surface area contributed by atoms with Crippen molar-refractivity contribution in [2.75, 3.05) is 11.1 Å². The lowest BCUT2D eigenvalue weighted by atomic mass is 10.3. The molecule has 1 aromatic rings. The van der Waals surface area contributed by atoms with Gasteiger partial charge in [0.05, 0.1) is 0 Å². The molecule has 0 saturated heterocycles. The number of nitrogens with one attached hydrogen (secondary N) is 1. The second-order valence-electron chi connectivity index (χ2n) is 3.26. The van der Waals surface area contributed by atoms with Crippen molar-refractivity contribution in [1.82, 2.24) is 10.2 Å². The maximum atomic E-state index is 10.7. The number of hydrogen-bond donors (Lipinski definition) is 1. The van der Waals surface area contributed by atoms with Crippen LogP contribution in [-0.2, 0) is 4.79 Å². The summed E-state index contributed by atoms with van der Waals surface area (Å²) in [6.07, 6.45) is 0. The third-order valence-corrected chi connectivity index (χ3v) is 3.63. The van der Waals surface area contributed by atoms with Gasteiger partial charge in [0.1, 0.15) is 0 Å². The fourth-order valence-corrected chi connectivity index (χ4v) is 2.48. The van der Waals surface area contributed by atoms with Crippen molar-refractivity contribution in [2.24, 2.45) is 5.92 Å². The Kier molecular flexibility index (Phi) is 4.34. The van der Waals surface area contributed by atoms with Gasteiger partial charge in [-0.15, -0.1) is 10.2 Å².